The zero-order valence-electron chi connectivity index (χ0n) is 17.7. The van der Waals surface area contributed by atoms with Gasteiger partial charge in [0.1, 0.15) is 0 Å². The Bertz CT molecular complexity index is 918. The van der Waals surface area contributed by atoms with Gasteiger partial charge >= 0.3 is 12.0 Å². The molecule has 1 fully saturated rings. The van der Waals surface area contributed by atoms with E-state index >= 15 is 0 Å². The Labute approximate surface area is 177 Å². The van der Waals surface area contributed by atoms with Crippen LogP contribution in [-0.4, -0.2) is 41.9 Å². The van der Waals surface area contributed by atoms with Crippen LogP contribution in [0.3, 0.4) is 0 Å². The number of esters is 1. The number of urea groups is 1. The van der Waals surface area contributed by atoms with Gasteiger partial charge in [-0.1, -0.05) is 35.9 Å². The maximum absolute atomic E-state index is 12.7. The van der Waals surface area contributed by atoms with E-state index in [2.05, 4.69) is 5.32 Å². The van der Waals surface area contributed by atoms with Gasteiger partial charge in [-0.05, 0) is 57.4 Å². The normalized spacial score (nSPS) is 15.4. The van der Waals surface area contributed by atoms with Crippen molar-refractivity contribution in [1.82, 2.24) is 4.90 Å². The molecule has 0 radical (unpaired) electrons. The van der Waals surface area contributed by atoms with Crippen LogP contribution < -0.4 is 5.32 Å². The number of anilines is 1. The van der Waals surface area contributed by atoms with Gasteiger partial charge in [0.2, 0.25) is 5.78 Å². The van der Waals surface area contributed by atoms with Crippen LogP contribution in [0, 0.1) is 19.8 Å². The average molecular weight is 408 g/mol. The Kier molecular flexibility index (Phi) is 6.87. The summed E-state index contributed by atoms with van der Waals surface area (Å²) in [4.78, 5) is 39.4. The quantitative estimate of drug-likeness (QED) is 0.589. The first-order valence-electron chi connectivity index (χ1n) is 10.3. The van der Waals surface area contributed by atoms with Crippen LogP contribution in [0.5, 0.6) is 0 Å². The summed E-state index contributed by atoms with van der Waals surface area (Å²) in [5, 5.41) is 2.86. The van der Waals surface area contributed by atoms with Gasteiger partial charge in [-0.15, -0.1) is 0 Å². The molecule has 1 aliphatic rings. The summed E-state index contributed by atoms with van der Waals surface area (Å²) >= 11 is 0. The number of carbonyl (C=O) groups is 3. The standard InChI is InChI=1S/C24H28N2O4/c1-16-9-10-17(2)21(15-16)22(27)18(3)30-23(28)19-11-13-26(14-12-19)24(29)25-20-7-5-4-6-8-20/h4-10,15,18-19H,11-14H2,1-3H3,(H,25,29)/t18-/m1/s1. The number of hydrogen-bond donors (Lipinski definition) is 1. The van der Waals surface area contributed by atoms with Crippen LogP contribution in [0.25, 0.3) is 0 Å². The molecule has 2 aromatic rings. The van der Waals surface area contributed by atoms with Gasteiger partial charge in [-0.3, -0.25) is 9.59 Å². The number of carbonyl (C=O) groups excluding carboxylic acids is 3. The van der Waals surface area contributed by atoms with Crippen LogP contribution in [-0.2, 0) is 9.53 Å². The molecule has 1 aliphatic heterocycles. The number of rotatable bonds is 5. The highest BCUT2D eigenvalue weighted by Gasteiger charge is 2.31. The third-order valence-corrected chi connectivity index (χ3v) is 5.46. The second-order valence-corrected chi connectivity index (χ2v) is 7.82. The van der Waals surface area contributed by atoms with Crippen molar-refractivity contribution < 1.29 is 19.1 Å². The second-order valence-electron chi connectivity index (χ2n) is 7.82. The molecule has 6 heteroatoms. The zero-order chi connectivity index (χ0) is 21.7. The van der Waals surface area contributed by atoms with E-state index in [0.29, 0.717) is 31.5 Å². The smallest absolute Gasteiger partial charge is 0.321 e. The lowest BCUT2D eigenvalue weighted by atomic mass is 9.96. The zero-order valence-corrected chi connectivity index (χ0v) is 17.7. The molecule has 0 unspecified atom stereocenters. The monoisotopic (exact) mass is 408 g/mol. The van der Waals surface area contributed by atoms with E-state index in [1.54, 1.807) is 11.8 Å². The van der Waals surface area contributed by atoms with E-state index in [4.69, 9.17) is 4.74 Å². The van der Waals surface area contributed by atoms with Crippen LogP contribution in [0.1, 0.15) is 41.3 Å². The number of hydrogen-bond acceptors (Lipinski definition) is 4. The predicted octanol–water partition coefficient (Wildman–Crippen LogP) is 4.36. The minimum Gasteiger partial charge on any atom is -0.454 e. The molecular formula is C24H28N2O4. The predicted molar refractivity (Wildman–Crippen MR) is 116 cm³/mol. The molecule has 30 heavy (non-hydrogen) atoms. The highest BCUT2D eigenvalue weighted by molar-refractivity contribution is 6.01. The Balaban J connectivity index is 1.50. The van der Waals surface area contributed by atoms with Crippen molar-refractivity contribution in [1.29, 1.82) is 0 Å². The summed E-state index contributed by atoms with van der Waals surface area (Å²) in [5.74, 6) is -0.867. The number of ether oxygens (including phenoxy) is 1. The maximum Gasteiger partial charge on any atom is 0.321 e. The maximum atomic E-state index is 12.7. The Morgan fingerprint density at radius 3 is 2.37 bits per heavy atom. The summed E-state index contributed by atoms with van der Waals surface area (Å²) in [6.45, 7) is 6.35. The fraction of sp³-hybridized carbons (Fsp3) is 0.375. The minimum atomic E-state index is -0.836. The van der Waals surface area contributed by atoms with Gasteiger partial charge in [0.05, 0.1) is 5.92 Å². The van der Waals surface area contributed by atoms with Crippen molar-refractivity contribution in [3.63, 3.8) is 0 Å². The molecule has 1 saturated heterocycles. The van der Waals surface area contributed by atoms with Crippen LogP contribution >= 0.6 is 0 Å². The number of amides is 2. The molecule has 158 valence electrons. The van der Waals surface area contributed by atoms with Crippen LogP contribution in [0.2, 0.25) is 0 Å². The number of likely N-dealkylation sites (tertiary alicyclic amines) is 1. The molecule has 2 amide bonds. The largest absolute Gasteiger partial charge is 0.454 e. The van der Waals surface area contributed by atoms with Gasteiger partial charge in [-0.25, -0.2) is 4.79 Å². The van der Waals surface area contributed by atoms with Gasteiger partial charge < -0.3 is 15.0 Å². The minimum absolute atomic E-state index is 0.175. The van der Waals surface area contributed by atoms with E-state index in [1.165, 1.54) is 0 Å². The molecule has 2 aromatic carbocycles. The number of para-hydroxylation sites is 1. The van der Waals surface area contributed by atoms with Gasteiger partial charge in [0, 0.05) is 24.3 Å². The van der Waals surface area contributed by atoms with Crippen LogP contribution in [0.4, 0.5) is 10.5 Å². The van der Waals surface area contributed by atoms with E-state index in [1.807, 2.05) is 62.4 Å². The summed E-state index contributed by atoms with van der Waals surface area (Å²) < 4.78 is 5.48. The molecular weight excluding hydrogens is 380 g/mol. The van der Waals surface area contributed by atoms with Crippen molar-refractivity contribution in [2.75, 3.05) is 18.4 Å². The Hall–Kier alpha value is -3.15. The molecule has 0 aromatic heterocycles. The first-order valence-corrected chi connectivity index (χ1v) is 10.3. The molecule has 1 atom stereocenters. The van der Waals surface area contributed by atoms with Crippen molar-refractivity contribution in [2.45, 2.75) is 39.7 Å². The number of piperidine rings is 1. The Morgan fingerprint density at radius 1 is 1.03 bits per heavy atom. The number of nitrogens with zero attached hydrogens (tertiary/aromatic N) is 1. The van der Waals surface area contributed by atoms with Crippen molar-refractivity contribution in [2.24, 2.45) is 5.92 Å². The fourth-order valence-corrected chi connectivity index (χ4v) is 3.59. The first kappa shape index (κ1) is 21.6. The van der Waals surface area contributed by atoms with E-state index in [9.17, 15) is 14.4 Å². The van der Waals surface area contributed by atoms with E-state index in [0.717, 1.165) is 16.8 Å². The first-order chi connectivity index (χ1) is 14.3. The van der Waals surface area contributed by atoms with Crippen molar-refractivity contribution in [3.05, 3.63) is 65.2 Å². The number of aryl methyl sites for hydroxylation is 2. The molecule has 0 spiro atoms. The summed E-state index contributed by atoms with van der Waals surface area (Å²) in [6, 6.07) is 14.8. The molecule has 1 N–H and O–H groups in total. The summed E-state index contributed by atoms with van der Waals surface area (Å²) in [7, 11) is 0. The van der Waals surface area contributed by atoms with E-state index in [-0.39, 0.29) is 23.7 Å². The highest BCUT2D eigenvalue weighted by atomic mass is 16.5. The number of ketones is 1. The van der Waals surface area contributed by atoms with Gasteiger partial charge in [0.25, 0.3) is 0 Å². The molecule has 0 aliphatic carbocycles. The van der Waals surface area contributed by atoms with Crippen LogP contribution in [0.15, 0.2) is 48.5 Å². The molecule has 6 nitrogen and oxygen atoms in total. The fourth-order valence-electron chi connectivity index (χ4n) is 3.59. The lowest BCUT2D eigenvalue weighted by Crippen LogP contribution is -2.43. The molecule has 0 saturated carbocycles. The molecule has 0 bridgehead atoms. The number of nitrogens with one attached hydrogen (secondary N) is 1. The number of benzene rings is 2. The molecule has 3 rings (SSSR count). The summed E-state index contributed by atoms with van der Waals surface area (Å²) in [5.41, 5.74) is 3.18. The Morgan fingerprint density at radius 2 is 1.70 bits per heavy atom. The average Bonchev–Trinajstić information content (AvgIpc) is 2.75. The third-order valence-electron chi connectivity index (χ3n) is 5.46. The van der Waals surface area contributed by atoms with Gasteiger partial charge in [-0.2, -0.15) is 0 Å². The second kappa shape index (κ2) is 9.57. The van der Waals surface area contributed by atoms with Crippen molar-refractivity contribution >= 4 is 23.5 Å². The lowest BCUT2D eigenvalue weighted by Gasteiger charge is -2.31. The topological polar surface area (TPSA) is 75.7 Å². The third kappa shape index (κ3) is 5.26. The van der Waals surface area contributed by atoms with E-state index < -0.39 is 6.10 Å². The van der Waals surface area contributed by atoms with Crippen molar-refractivity contribution in [3.8, 4) is 0 Å². The molecule has 1 heterocycles. The lowest BCUT2D eigenvalue weighted by molar-refractivity contribution is -0.152. The summed E-state index contributed by atoms with van der Waals surface area (Å²) in [6.07, 6.45) is 0.203. The SMILES string of the molecule is Cc1ccc(C)c(C(=O)[C@@H](C)OC(=O)C2CCN(C(=O)Nc3ccccc3)CC2)c1. The number of Topliss-reactive ketones (excluding diaryl/α,β-unsaturated/α-hetero) is 1. The highest BCUT2D eigenvalue weighted by Crippen LogP contribution is 2.21. The van der Waals surface area contributed by atoms with Gasteiger partial charge in [0.15, 0.2) is 6.10 Å².